The third kappa shape index (κ3) is 3.68. The largest absolute Gasteiger partial charge is 0.334 e. The molecule has 5 rings (SSSR count). The first-order valence-electron chi connectivity index (χ1n) is 11.5. The molecule has 1 aliphatic heterocycles. The lowest BCUT2D eigenvalue weighted by Crippen LogP contribution is -2.31. The van der Waals surface area contributed by atoms with Gasteiger partial charge in [-0.3, -0.25) is 19.4 Å². The first kappa shape index (κ1) is 20.0. The molecule has 0 aromatic carbocycles. The summed E-state index contributed by atoms with van der Waals surface area (Å²) in [5, 5.41) is 7.75. The van der Waals surface area contributed by atoms with Crippen molar-refractivity contribution < 1.29 is 4.79 Å². The Morgan fingerprint density at radius 2 is 2.03 bits per heavy atom. The highest BCUT2D eigenvalue weighted by molar-refractivity contribution is 5.77. The van der Waals surface area contributed by atoms with Crippen LogP contribution in [0.1, 0.15) is 72.9 Å². The minimum atomic E-state index is -0.0145. The lowest BCUT2D eigenvalue weighted by Gasteiger charge is -2.24. The van der Waals surface area contributed by atoms with E-state index in [0.717, 1.165) is 86.4 Å². The Hall–Kier alpha value is -2.90. The van der Waals surface area contributed by atoms with Gasteiger partial charge in [-0.15, -0.1) is 0 Å². The van der Waals surface area contributed by atoms with E-state index in [9.17, 15) is 9.59 Å². The molecule has 0 radical (unpaired) electrons. The van der Waals surface area contributed by atoms with E-state index in [1.54, 1.807) is 4.52 Å². The zero-order valence-electron chi connectivity index (χ0n) is 18.4. The van der Waals surface area contributed by atoms with Crippen LogP contribution in [0.15, 0.2) is 16.9 Å². The van der Waals surface area contributed by atoms with Crippen molar-refractivity contribution in [3.63, 3.8) is 0 Å². The van der Waals surface area contributed by atoms with Gasteiger partial charge in [-0.05, 0) is 64.9 Å². The Kier molecular flexibility index (Phi) is 5.16. The summed E-state index contributed by atoms with van der Waals surface area (Å²) < 4.78 is 3.55. The minimum Gasteiger partial charge on any atom is -0.334 e. The summed E-state index contributed by atoms with van der Waals surface area (Å²) in [6.45, 7) is 5.54. The topological polar surface area (TPSA) is 88.3 Å². The van der Waals surface area contributed by atoms with E-state index in [1.807, 2.05) is 29.5 Å². The van der Waals surface area contributed by atoms with Crippen LogP contribution in [0.2, 0.25) is 0 Å². The van der Waals surface area contributed by atoms with Gasteiger partial charge in [0, 0.05) is 36.8 Å². The van der Waals surface area contributed by atoms with Gasteiger partial charge in [0.1, 0.15) is 0 Å². The van der Waals surface area contributed by atoms with Crippen LogP contribution in [-0.2, 0) is 24.2 Å². The second-order valence-corrected chi connectivity index (χ2v) is 8.95. The number of hydrogen-bond acceptors (Lipinski definition) is 4. The number of aromatic amines is 1. The number of aryl methyl sites for hydroxylation is 4. The highest BCUT2D eigenvalue weighted by Gasteiger charge is 2.31. The van der Waals surface area contributed by atoms with Gasteiger partial charge < -0.3 is 4.90 Å². The second-order valence-electron chi connectivity index (χ2n) is 8.95. The molecular formula is C23H30N6O2. The number of rotatable bonds is 5. The standard InChI is InChI=1S/C23H30N6O2/c1-15-13-16(2)28(25-15)12-6-10-22(30)27-11-5-9-20(27)19-14-21-24-18-8-4-3-7-17(18)23(31)29(21)26-19/h13-14,20,26H,3-12H2,1-2H3. The van der Waals surface area contributed by atoms with Gasteiger partial charge in [0.25, 0.3) is 5.56 Å². The fourth-order valence-corrected chi connectivity index (χ4v) is 5.16. The molecule has 1 fully saturated rings. The number of carbonyl (C=O) groups is 1. The monoisotopic (exact) mass is 422 g/mol. The molecule has 1 amide bonds. The number of aromatic nitrogens is 5. The molecule has 1 N–H and O–H groups in total. The van der Waals surface area contributed by atoms with Gasteiger partial charge >= 0.3 is 0 Å². The van der Waals surface area contributed by atoms with Crippen LogP contribution in [0.5, 0.6) is 0 Å². The molecule has 31 heavy (non-hydrogen) atoms. The number of nitrogens with zero attached hydrogens (tertiary/aromatic N) is 5. The average Bonchev–Trinajstić information content (AvgIpc) is 3.46. The van der Waals surface area contributed by atoms with Gasteiger partial charge in [0.2, 0.25) is 5.91 Å². The van der Waals surface area contributed by atoms with E-state index in [1.165, 1.54) is 0 Å². The van der Waals surface area contributed by atoms with Crippen LogP contribution in [0.3, 0.4) is 0 Å². The van der Waals surface area contributed by atoms with Crippen LogP contribution in [0.25, 0.3) is 5.65 Å². The number of likely N-dealkylation sites (tertiary alicyclic amines) is 1. The summed E-state index contributed by atoms with van der Waals surface area (Å²) in [6, 6.07) is 4.00. The Morgan fingerprint density at radius 1 is 1.19 bits per heavy atom. The molecular weight excluding hydrogens is 392 g/mol. The Morgan fingerprint density at radius 3 is 2.84 bits per heavy atom. The first-order valence-corrected chi connectivity index (χ1v) is 11.5. The van der Waals surface area contributed by atoms with E-state index in [0.29, 0.717) is 12.1 Å². The number of amides is 1. The fraction of sp³-hybridized carbons (Fsp3) is 0.565. The summed E-state index contributed by atoms with van der Waals surface area (Å²) >= 11 is 0. The van der Waals surface area contributed by atoms with E-state index in [2.05, 4.69) is 16.3 Å². The van der Waals surface area contributed by atoms with Crippen molar-refractivity contribution in [2.45, 2.75) is 77.8 Å². The molecule has 8 heteroatoms. The van der Waals surface area contributed by atoms with E-state index in [4.69, 9.17) is 4.98 Å². The molecule has 1 unspecified atom stereocenters. The van der Waals surface area contributed by atoms with Crippen molar-refractivity contribution in [3.05, 3.63) is 50.8 Å². The molecule has 4 heterocycles. The molecule has 3 aromatic heterocycles. The minimum absolute atomic E-state index is 0.0145. The van der Waals surface area contributed by atoms with E-state index >= 15 is 0 Å². The summed E-state index contributed by atoms with van der Waals surface area (Å²) in [4.78, 5) is 32.6. The predicted molar refractivity (Wildman–Crippen MR) is 117 cm³/mol. The second kappa shape index (κ2) is 7.98. The third-order valence-electron chi connectivity index (χ3n) is 6.70. The zero-order chi connectivity index (χ0) is 21.5. The number of hydrogen-bond donors (Lipinski definition) is 1. The van der Waals surface area contributed by atoms with Crippen LogP contribution in [0.4, 0.5) is 0 Å². The first-order chi connectivity index (χ1) is 15.0. The number of carbonyl (C=O) groups excluding carboxylic acids is 1. The van der Waals surface area contributed by atoms with Gasteiger partial charge in [-0.1, -0.05) is 0 Å². The molecule has 164 valence electrons. The highest BCUT2D eigenvalue weighted by atomic mass is 16.2. The fourth-order valence-electron chi connectivity index (χ4n) is 5.16. The summed E-state index contributed by atoms with van der Waals surface area (Å²) in [5.74, 6) is 0.169. The maximum atomic E-state index is 13.0. The van der Waals surface area contributed by atoms with Crippen molar-refractivity contribution in [2.75, 3.05) is 6.54 Å². The Balaban J connectivity index is 1.32. The van der Waals surface area contributed by atoms with Crippen LogP contribution < -0.4 is 5.56 Å². The lowest BCUT2D eigenvalue weighted by molar-refractivity contribution is -0.132. The van der Waals surface area contributed by atoms with Crippen molar-refractivity contribution in [1.29, 1.82) is 0 Å². The van der Waals surface area contributed by atoms with Gasteiger partial charge in [0.15, 0.2) is 5.65 Å². The molecule has 0 bridgehead atoms. The smallest absolute Gasteiger partial charge is 0.276 e. The molecule has 1 atom stereocenters. The van der Waals surface area contributed by atoms with Gasteiger partial charge in [0.05, 0.1) is 23.1 Å². The van der Waals surface area contributed by atoms with Gasteiger partial charge in [-0.25, -0.2) is 9.50 Å². The van der Waals surface area contributed by atoms with E-state index < -0.39 is 0 Å². The summed E-state index contributed by atoms with van der Waals surface area (Å²) in [7, 11) is 0. The number of nitrogens with one attached hydrogen (secondary N) is 1. The van der Waals surface area contributed by atoms with Crippen molar-refractivity contribution >= 4 is 11.6 Å². The summed E-state index contributed by atoms with van der Waals surface area (Å²) in [5.41, 5.74) is 5.54. The number of fused-ring (bicyclic) bond motifs is 2. The molecule has 1 aliphatic carbocycles. The maximum absolute atomic E-state index is 13.0. The van der Waals surface area contributed by atoms with Crippen LogP contribution in [0, 0.1) is 13.8 Å². The molecule has 8 nitrogen and oxygen atoms in total. The average molecular weight is 423 g/mol. The predicted octanol–water partition coefficient (Wildman–Crippen LogP) is 2.86. The summed E-state index contributed by atoms with van der Waals surface area (Å²) in [6.07, 6.45) is 6.98. The SMILES string of the molecule is Cc1cc(C)n(CCCC(=O)N2CCCC2c2cc3nc4c(c(=O)n3[nH]2)CCCC4)n1. The third-order valence-corrected chi connectivity index (χ3v) is 6.70. The van der Waals surface area contributed by atoms with Crippen LogP contribution >= 0.6 is 0 Å². The highest BCUT2D eigenvalue weighted by Crippen LogP contribution is 2.32. The zero-order valence-corrected chi connectivity index (χ0v) is 18.4. The molecule has 2 aliphatic rings. The molecule has 3 aromatic rings. The Bertz CT molecular complexity index is 1190. The lowest BCUT2D eigenvalue weighted by atomic mass is 9.97. The maximum Gasteiger partial charge on any atom is 0.276 e. The van der Waals surface area contributed by atoms with E-state index in [-0.39, 0.29) is 17.5 Å². The molecule has 0 saturated carbocycles. The van der Waals surface area contributed by atoms with Crippen molar-refractivity contribution in [1.82, 2.24) is 29.3 Å². The quantitative estimate of drug-likeness (QED) is 0.685. The normalized spacial score (nSPS) is 18.6. The van der Waals surface area contributed by atoms with Crippen molar-refractivity contribution in [3.8, 4) is 0 Å². The Labute approximate surface area is 181 Å². The molecule has 0 spiro atoms. The van der Waals surface area contributed by atoms with Crippen molar-refractivity contribution in [2.24, 2.45) is 0 Å². The number of H-pyrrole nitrogens is 1. The van der Waals surface area contributed by atoms with Crippen LogP contribution in [-0.4, -0.2) is 41.7 Å². The molecule has 1 saturated heterocycles. The van der Waals surface area contributed by atoms with Gasteiger partial charge in [-0.2, -0.15) is 5.10 Å².